The number of benzene rings is 1. The Labute approximate surface area is 229 Å². The molecule has 3 aliphatic heterocycles. The van der Waals surface area contributed by atoms with E-state index in [9.17, 15) is 19.5 Å². The summed E-state index contributed by atoms with van der Waals surface area (Å²) in [6, 6.07) is 5.35. The van der Waals surface area contributed by atoms with Crippen LogP contribution in [0.15, 0.2) is 49.6 Å². The van der Waals surface area contributed by atoms with Crippen LogP contribution in [0, 0.1) is 11.8 Å². The van der Waals surface area contributed by atoms with Crippen molar-refractivity contribution in [3.05, 3.63) is 54.6 Å². The lowest BCUT2D eigenvalue weighted by atomic mass is 9.70. The summed E-state index contributed by atoms with van der Waals surface area (Å²) in [7, 11) is 0. The van der Waals surface area contributed by atoms with Gasteiger partial charge in [-0.1, -0.05) is 37.6 Å². The van der Waals surface area contributed by atoms with Crippen molar-refractivity contribution in [3.8, 4) is 0 Å². The zero-order chi connectivity index (χ0) is 27.6. The van der Waals surface area contributed by atoms with E-state index >= 15 is 0 Å². The van der Waals surface area contributed by atoms with Crippen LogP contribution in [-0.2, 0) is 19.1 Å². The number of fused-ring (bicyclic) bond motifs is 1. The zero-order valence-electron chi connectivity index (χ0n) is 22.2. The normalized spacial score (nSPS) is 28.2. The van der Waals surface area contributed by atoms with Crippen LogP contribution in [0.1, 0.15) is 39.5 Å². The lowest BCUT2D eigenvalue weighted by Gasteiger charge is -2.39. The fourth-order valence-corrected chi connectivity index (χ4v) is 6.73. The first-order chi connectivity index (χ1) is 18.3. The van der Waals surface area contributed by atoms with Crippen molar-refractivity contribution in [1.82, 2.24) is 9.80 Å². The molecule has 9 heteroatoms. The van der Waals surface area contributed by atoms with Gasteiger partial charge in [-0.3, -0.25) is 14.4 Å². The van der Waals surface area contributed by atoms with E-state index in [-0.39, 0.29) is 30.9 Å². The Kier molecular flexibility index (Phi) is 8.65. The van der Waals surface area contributed by atoms with Gasteiger partial charge in [0.25, 0.3) is 5.91 Å². The Morgan fingerprint density at radius 1 is 1.21 bits per heavy atom. The van der Waals surface area contributed by atoms with Gasteiger partial charge in [-0.05, 0) is 49.9 Å². The van der Waals surface area contributed by atoms with Gasteiger partial charge in [-0.2, -0.15) is 0 Å². The molecule has 2 bridgehead atoms. The van der Waals surface area contributed by atoms with Crippen molar-refractivity contribution in [2.75, 3.05) is 31.1 Å². The van der Waals surface area contributed by atoms with Crippen LogP contribution >= 0.6 is 11.6 Å². The SMILES string of the molecule is C=CCN(CCC)C(=O)[C@@H]1[C@@H]2CCC3(O2)C(C(=O)N(CC=C)c2ccc(Cl)cc2)N([C@@H](CC)CO)C(=O)[C@H]13. The average molecular weight is 544 g/mol. The van der Waals surface area contributed by atoms with Gasteiger partial charge in [0.1, 0.15) is 11.6 Å². The molecule has 3 fully saturated rings. The highest BCUT2D eigenvalue weighted by atomic mass is 35.5. The number of rotatable bonds is 12. The van der Waals surface area contributed by atoms with Crippen LogP contribution in [0.3, 0.4) is 0 Å². The van der Waals surface area contributed by atoms with Crippen molar-refractivity contribution >= 4 is 35.0 Å². The molecule has 38 heavy (non-hydrogen) atoms. The Balaban J connectivity index is 1.79. The monoisotopic (exact) mass is 543 g/mol. The number of anilines is 1. The van der Waals surface area contributed by atoms with Gasteiger partial charge in [-0.15, -0.1) is 13.2 Å². The summed E-state index contributed by atoms with van der Waals surface area (Å²) >= 11 is 6.09. The molecular formula is C29H38ClN3O5. The number of hydrogen-bond acceptors (Lipinski definition) is 5. The van der Waals surface area contributed by atoms with Crippen molar-refractivity contribution < 1.29 is 24.2 Å². The number of ether oxygens (including phenoxy) is 1. The molecule has 0 aliphatic carbocycles. The largest absolute Gasteiger partial charge is 0.394 e. The Morgan fingerprint density at radius 3 is 2.47 bits per heavy atom. The summed E-state index contributed by atoms with van der Waals surface area (Å²) in [4.78, 5) is 47.3. The molecule has 1 N–H and O–H groups in total. The molecule has 0 aromatic heterocycles. The maximum absolute atomic E-state index is 14.4. The van der Waals surface area contributed by atoms with Crippen LogP contribution in [0.5, 0.6) is 0 Å². The van der Waals surface area contributed by atoms with Gasteiger partial charge in [-0.25, -0.2) is 0 Å². The molecular weight excluding hydrogens is 506 g/mol. The first kappa shape index (κ1) is 28.3. The van der Waals surface area contributed by atoms with Crippen molar-refractivity contribution in [2.45, 2.75) is 63.3 Å². The minimum Gasteiger partial charge on any atom is -0.394 e. The third kappa shape index (κ3) is 4.56. The number of amides is 3. The molecule has 1 aromatic carbocycles. The first-order valence-electron chi connectivity index (χ1n) is 13.5. The van der Waals surface area contributed by atoms with Crippen molar-refractivity contribution in [1.29, 1.82) is 0 Å². The standard InChI is InChI=1S/C29H38ClN3O5/c1-5-15-31(16-6-2)26(35)23-22-13-14-29(38-22)24(23)27(36)33(20(8-4)18-34)25(29)28(37)32(17-7-3)21-11-9-19(30)10-12-21/h5,7,9-12,20,22-25,34H,1,3,6,8,13-18H2,2,4H3/t20-,22-,23+,24-,25?,29?/m0/s1. The van der Waals surface area contributed by atoms with Crippen LogP contribution in [0.4, 0.5) is 5.69 Å². The first-order valence-corrected chi connectivity index (χ1v) is 13.9. The van der Waals surface area contributed by atoms with Crippen molar-refractivity contribution in [3.63, 3.8) is 0 Å². The summed E-state index contributed by atoms with van der Waals surface area (Å²) in [6.07, 6.45) is 5.19. The zero-order valence-corrected chi connectivity index (χ0v) is 23.0. The number of likely N-dealkylation sites (tertiary alicyclic amines) is 1. The summed E-state index contributed by atoms with van der Waals surface area (Å²) in [5.41, 5.74) is -0.525. The molecule has 0 radical (unpaired) electrons. The van der Waals surface area contributed by atoms with E-state index in [1.54, 1.807) is 46.2 Å². The van der Waals surface area contributed by atoms with E-state index in [1.807, 2.05) is 13.8 Å². The van der Waals surface area contributed by atoms with Crippen LogP contribution in [-0.4, -0.2) is 82.7 Å². The lowest BCUT2D eigenvalue weighted by molar-refractivity contribution is -0.147. The summed E-state index contributed by atoms with van der Waals surface area (Å²) in [6.45, 7) is 12.3. The highest BCUT2D eigenvalue weighted by Crippen LogP contribution is 2.59. The summed E-state index contributed by atoms with van der Waals surface area (Å²) in [5, 5.41) is 10.8. The molecule has 8 nitrogen and oxygen atoms in total. The van der Waals surface area contributed by atoms with Gasteiger partial charge < -0.3 is 24.5 Å². The maximum atomic E-state index is 14.4. The van der Waals surface area contributed by atoms with Crippen LogP contribution in [0.2, 0.25) is 5.02 Å². The van der Waals surface area contributed by atoms with Gasteiger partial charge in [0.05, 0.1) is 30.6 Å². The average Bonchev–Trinajstić information content (AvgIpc) is 3.55. The summed E-state index contributed by atoms with van der Waals surface area (Å²) < 4.78 is 6.57. The second-order valence-corrected chi connectivity index (χ2v) is 10.8. The quantitative estimate of drug-likeness (QED) is 0.408. The molecule has 1 spiro atoms. The fourth-order valence-electron chi connectivity index (χ4n) is 6.61. The number of nitrogens with zero attached hydrogens (tertiary/aromatic N) is 3. The van der Waals surface area contributed by atoms with E-state index < -0.39 is 35.6 Å². The van der Waals surface area contributed by atoms with E-state index in [0.29, 0.717) is 43.1 Å². The van der Waals surface area contributed by atoms with Gasteiger partial charge in [0.15, 0.2) is 0 Å². The smallest absolute Gasteiger partial charge is 0.253 e. The maximum Gasteiger partial charge on any atom is 0.253 e. The van der Waals surface area contributed by atoms with Crippen LogP contribution < -0.4 is 4.90 Å². The van der Waals surface area contributed by atoms with E-state index in [0.717, 1.165) is 6.42 Å². The predicted molar refractivity (Wildman–Crippen MR) is 147 cm³/mol. The summed E-state index contributed by atoms with van der Waals surface area (Å²) in [5.74, 6) is -2.22. The number of aliphatic hydroxyl groups is 1. The Morgan fingerprint density at radius 2 is 1.89 bits per heavy atom. The predicted octanol–water partition coefficient (Wildman–Crippen LogP) is 3.43. The van der Waals surface area contributed by atoms with Gasteiger partial charge in [0, 0.05) is 30.3 Å². The third-order valence-electron chi connectivity index (χ3n) is 8.20. The highest BCUT2D eigenvalue weighted by molar-refractivity contribution is 6.30. The molecule has 3 saturated heterocycles. The number of hydrogen-bond donors (Lipinski definition) is 1. The van der Waals surface area contributed by atoms with E-state index in [2.05, 4.69) is 13.2 Å². The second kappa shape index (κ2) is 11.6. The number of aliphatic hydroxyl groups excluding tert-OH is 1. The lowest BCUT2D eigenvalue weighted by Crippen LogP contribution is -2.59. The number of carbonyl (C=O) groups is 3. The number of carbonyl (C=O) groups excluding carboxylic acids is 3. The molecule has 3 amide bonds. The molecule has 3 aliphatic rings. The molecule has 1 aromatic rings. The molecule has 6 atom stereocenters. The number of halogens is 1. The Hall–Kier alpha value is -2.68. The van der Waals surface area contributed by atoms with Crippen LogP contribution in [0.25, 0.3) is 0 Å². The fraction of sp³-hybridized carbons (Fsp3) is 0.552. The molecule has 206 valence electrons. The van der Waals surface area contributed by atoms with Gasteiger partial charge in [0.2, 0.25) is 11.8 Å². The van der Waals surface area contributed by atoms with E-state index in [1.165, 1.54) is 4.90 Å². The highest BCUT2D eigenvalue weighted by Gasteiger charge is 2.75. The molecule has 0 saturated carbocycles. The molecule has 3 heterocycles. The second-order valence-electron chi connectivity index (χ2n) is 10.3. The van der Waals surface area contributed by atoms with Gasteiger partial charge >= 0.3 is 0 Å². The van der Waals surface area contributed by atoms with Crippen molar-refractivity contribution in [2.24, 2.45) is 11.8 Å². The Bertz CT molecular complexity index is 1070. The molecule has 2 unspecified atom stereocenters. The third-order valence-corrected chi connectivity index (χ3v) is 8.46. The minimum atomic E-state index is -1.14. The van der Waals surface area contributed by atoms with E-state index in [4.69, 9.17) is 16.3 Å². The minimum absolute atomic E-state index is 0.137. The molecule has 4 rings (SSSR count). The topological polar surface area (TPSA) is 90.4 Å².